The highest BCUT2D eigenvalue weighted by molar-refractivity contribution is 6.38. The molecule has 6 nitrogen and oxygen atoms in total. The zero-order valence-electron chi connectivity index (χ0n) is 12.2. The fraction of sp³-hybridized carbons (Fsp3) is 0. The van der Waals surface area contributed by atoms with E-state index < -0.39 is 0 Å². The highest BCUT2D eigenvalue weighted by atomic mass is 35.5. The van der Waals surface area contributed by atoms with Gasteiger partial charge in [0.15, 0.2) is 11.5 Å². The maximum atomic E-state index is 6.13. The molecule has 8 heteroatoms. The number of hydrogen-bond acceptors (Lipinski definition) is 5. The van der Waals surface area contributed by atoms with Gasteiger partial charge in [0, 0.05) is 16.3 Å². The predicted octanol–water partition coefficient (Wildman–Crippen LogP) is 4.03. The van der Waals surface area contributed by atoms with E-state index in [2.05, 4.69) is 25.8 Å². The van der Waals surface area contributed by atoms with Gasteiger partial charge < -0.3 is 0 Å². The van der Waals surface area contributed by atoms with Gasteiger partial charge in [-0.3, -0.25) is 5.43 Å². The Morgan fingerprint density at radius 1 is 1.00 bits per heavy atom. The summed E-state index contributed by atoms with van der Waals surface area (Å²) in [6, 6.07) is 13.1. The number of halogens is 2. The van der Waals surface area contributed by atoms with E-state index in [0.717, 1.165) is 10.8 Å². The number of benzene rings is 2. The molecule has 2 aromatic heterocycles. The number of anilines is 1. The van der Waals surface area contributed by atoms with Crippen molar-refractivity contribution in [2.75, 3.05) is 5.43 Å². The fourth-order valence-corrected chi connectivity index (χ4v) is 2.90. The van der Waals surface area contributed by atoms with Gasteiger partial charge in [0.1, 0.15) is 6.33 Å². The number of hydrogen-bond donors (Lipinski definition) is 1. The van der Waals surface area contributed by atoms with Crippen LogP contribution in [0.4, 0.5) is 5.82 Å². The van der Waals surface area contributed by atoms with Crippen LogP contribution in [0, 0.1) is 0 Å². The molecule has 0 aliphatic rings. The van der Waals surface area contributed by atoms with Gasteiger partial charge in [-0.05, 0) is 12.1 Å². The lowest BCUT2D eigenvalue weighted by Crippen LogP contribution is -2.00. The van der Waals surface area contributed by atoms with E-state index in [4.69, 9.17) is 23.2 Å². The van der Waals surface area contributed by atoms with E-state index in [1.165, 1.54) is 0 Å². The summed E-state index contributed by atoms with van der Waals surface area (Å²) in [7, 11) is 0. The minimum atomic E-state index is 0.528. The molecule has 2 aromatic carbocycles. The van der Waals surface area contributed by atoms with Crippen molar-refractivity contribution in [2.45, 2.75) is 0 Å². The largest absolute Gasteiger partial charge is 0.259 e. The summed E-state index contributed by atoms with van der Waals surface area (Å²) in [5.74, 6) is 0.581. The van der Waals surface area contributed by atoms with Crippen molar-refractivity contribution < 1.29 is 0 Å². The van der Waals surface area contributed by atoms with E-state index in [9.17, 15) is 0 Å². The third kappa shape index (κ3) is 2.55. The van der Waals surface area contributed by atoms with Gasteiger partial charge in [0.25, 0.3) is 0 Å². The number of hydrazone groups is 1. The van der Waals surface area contributed by atoms with E-state index >= 15 is 0 Å². The molecule has 0 fully saturated rings. The smallest absolute Gasteiger partial charge is 0.185 e. The summed E-state index contributed by atoms with van der Waals surface area (Å²) >= 11 is 12.3. The molecule has 1 N–H and O–H groups in total. The Morgan fingerprint density at radius 3 is 2.54 bits per heavy atom. The van der Waals surface area contributed by atoms with Crippen molar-refractivity contribution in [2.24, 2.45) is 5.10 Å². The lowest BCUT2D eigenvalue weighted by Gasteiger charge is -2.06. The van der Waals surface area contributed by atoms with Crippen LogP contribution in [0.15, 0.2) is 53.9 Å². The molecule has 0 bridgehead atoms. The van der Waals surface area contributed by atoms with Gasteiger partial charge in [0.05, 0.1) is 16.3 Å². The molecule has 0 saturated heterocycles. The number of nitrogens with zero attached hydrogens (tertiary/aromatic N) is 5. The van der Waals surface area contributed by atoms with Crippen LogP contribution >= 0.6 is 23.2 Å². The number of aromatic nitrogens is 4. The summed E-state index contributed by atoms with van der Waals surface area (Å²) in [5.41, 5.74) is 4.27. The molecule has 0 spiro atoms. The van der Waals surface area contributed by atoms with Gasteiger partial charge in [0.2, 0.25) is 0 Å². The maximum absolute atomic E-state index is 6.13. The average Bonchev–Trinajstić information content (AvgIpc) is 3.06. The standard InChI is InChI=1S/C16H10Cl2N6/c17-13-6-3-7-14(18)12(13)8-19-21-15-10-4-1-2-5-11(10)16-22-20-9-24(16)23-15/h1-9H,(H,21,23)/b19-8-. The molecule has 4 rings (SSSR count). The Bertz CT molecular complexity index is 1050. The first-order valence-electron chi connectivity index (χ1n) is 7.06. The van der Waals surface area contributed by atoms with Crippen LogP contribution in [0.2, 0.25) is 10.0 Å². The third-order valence-corrected chi connectivity index (χ3v) is 4.18. The van der Waals surface area contributed by atoms with Crippen LogP contribution in [0.3, 0.4) is 0 Å². The van der Waals surface area contributed by atoms with E-state index in [1.54, 1.807) is 35.3 Å². The Hall–Kier alpha value is -2.70. The second kappa shape index (κ2) is 6.07. The molecular weight excluding hydrogens is 347 g/mol. The van der Waals surface area contributed by atoms with Crippen molar-refractivity contribution in [1.82, 2.24) is 19.8 Å². The topological polar surface area (TPSA) is 67.5 Å². The second-order valence-electron chi connectivity index (χ2n) is 5.00. The highest BCUT2D eigenvalue weighted by Gasteiger charge is 2.09. The SMILES string of the molecule is Clc1cccc(Cl)c1/C=N\Nc1nn2cnnc2c2ccccc12. The van der Waals surface area contributed by atoms with Crippen molar-refractivity contribution in [3.05, 3.63) is 64.4 Å². The normalized spacial score (nSPS) is 11.6. The molecule has 24 heavy (non-hydrogen) atoms. The zero-order chi connectivity index (χ0) is 16.5. The number of rotatable bonds is 3. The van der Waals surface area contributed by atoms with Gasteiger partial charge >= 0.3 is 0 Å². The molecule has 4 aromatic rings. The molecule has 0 unspecified atom stereocenters. The molecular formula is C16H10Cl2N6. The van der Waals surface area contributed by atoms with Crippen LogP contribution in [0.25, 0.3) is 16.4 Å². The Labute approximate surface area is 146 Å². The quantitative estimate of drug-likeness (QED) is 0.444. The fourth-order valence-electron chi connectivity index (χ4n) is 2.40. The third-order valence-electron chi connectivity index (χ3n) is 3.53. The first-order valence-corrected chi connectivity index (χ1v) is 7.81. The molecule has 0 saturated carbocycles. The predicted molar refractivity (Wildman–Crippen MR) is 96.0 cm³/mol. The van der Waals surface area contributed by atoms with E-state index in [0.29, 0.717) is 27.1 Å². The molecule has 2 heterocycles. The first-order chi connectivity index (χ1) is 11.7. The summed E-state index contributed by atoms with van der Waals surface area (Å²) < 4.78 is 1.60. The van der Waals surface area contributed by atoms with Gasteiger partial charge in [-0.15, -0.1) is 15.3 Å². The van der Waals surface area contributed by atoms with Gasteiger partial charge in [-0.25, -0.2) is 0 Å². The lowest BCUT2D eigenvalue weighted by molar-refractivity contribution is 0.934. The molecule has 0 amide bonds. The maximum Gasteiger partial charge on any atom is 0.185 e. The monoisotopic (exact) mass is 356 g/mol. The molecule has 0 aliphatic heterocycles. The molecule has 118 valence electrons. The zero-order valence-corrected chi connectivity index (χ0v) is 13.7. The first kappa shape index (κ1) is 14.9. The Morgan fingerprint density at radius 2 is 1.75 bits per heavy atom. The Kier molecular flexibility index (Phi) is 3.76. The molecule has 0 aliphatic carbocycles. The summed E-state index contributed by atoms with van der Waals surface area (Å²) in [6.45, 7) is 0. The molecule has 0 atom stereocenters. The molecule has 0 radical (unpaired) electrons. The summed E-state index contributed by atoms with van der Waals surface area (Å²) in [4.78, 5) is 0. The van der Waals surface area contributed by atoms with Crippen molar-refractivity contribution >= 4 is 51.7 Å². The van der Waals surface area contributed by atoms with E-state index in [1.807, 2.05) is 24.3 Å². The van der Waals surface area contributed by atoms with Crippen LogP contribution in [0.1, 0.15) is 5.56 Å². The van der Waals surface area contributed by atoms with Crippen LogP contribution < -0.4 is 5.43 Å². The van der Waals surface area contributed by atoms with Gasteiger partial charge in [-0.2, -0.15) is 9.62 Å². The summed E-state index contributed by atoms with van der Waals surface area (Å²) in [6.07, 6.45) is 3.11. The minimum absolute atomic E-state index is 0.528. The van der Waals surface area contributed by atoms with Crippen LogP contribution in [-0.2, 0) is 0 Å². The van der Waals surface area contributed by atoms with Crippen LogP contribution in [0.5, 0.6) is 0 Å². The van der Waals surface area contributed by atoms with E-state index in [-0.39, 0.29) is 0 Å². The lowest BCUT2D eigenvalue weighted by atomic mass is 10.2. The van der Waals surface area contributed by atoms with Crippen molar-refractivity contribution in [3.8, 4) is 0 Å². The second-order valence-corrected chi connectivity index (χ2v) is 5.81. The highest BCUT2D eigenvalue weighted by Crippen LogP contribution is 2.25. The minimum Gasteiger partial charge on any atom is -0.259 e. The average molecular weight is 357 g/mol. The van der Waals surface area contributed by atoms with Crippen molar-refractivity contribution in [1.29, 1.82) is 0 Å². The van der Waals surface area contributed by atoms with Crippen LogP contribution in [-0.4, -0.2) is 26.0 Å². The van der Waals surface area contributed by atoms with Crippen molar-refractivity contribution in [3.63, 3.8) is 0 Å². The van der Waals surface area contributed by atoms with Gasteiger partial charge in [-0.1, -0.05) is 53.5 Å². The number of nitrogens with one attached hydrogen (secondary N) is 1. The number of fused-ring (bicyclic) bond motifs is 3. The summed E-state index contributed by atoms with van der Waals surface area (Å²) in [5, 5.41) is 19.5. The Balaban J connectivity index is 1.75.